The number of carbonyl (C=O) groups is 1. The summed E-state index contributed by atoms with van der Waals surface area (Å²) in [5.41, 5.74) is 0.0999. The average molecular weight is 438 g/mol. The maximum Gasteiger partial charge on any atom is 0.336 e. The van der Waals surface area contributed by atoms with Gasteiger partial charge in [-0.25, -0.2) is 14.2 Å². The maximum atomic E-state index is 13.2. The van der Waals surface area contributed by atoms with Gasteiger partial charge in [0.15, 0.2) is 5.58 Å². The molecule has 0 aliphatic rings. The first-order chi connectivity index (χ1) is 14.9. The lowest BCUT2D eigenvalue weighted by Crippen LogP contribution is -2.21. The van der Waals surface area contributed by atoms with Crippen molar-refractivity contribution in [3.63, 3.8) is 0 Å². The van der Waals surface area contributed by atoms with E-state index in [1.54, 1.807) is 18.2 Å². The normalized spacial score (nSPS) is 11.8. The zero-order chi connectivity index (χ0) is 22.0. The molecular formula is C21H13FN3O5S-. The van der Waals surface area contributed by atoms with E-state index in [-0.39, 0.29) is 28.3 Å². The van der Waals surface area contributed by atoms with Crippen molar-refractivity contribution in [1.82, 2.24) is 4.98 Å². The van der Waals surface area contributed by atoms with Crippen LogP contribution in [0.5, 0.6) is 0 Å². The number of carbonyl (C=O) groups excluding carboxylic acids is 1. The number of fused-ring (bicyclic) bond motifs is 1. The standard InChI is InChI=1S/C21H14FN3O5S/c22-14-5-7-16(8-6-14)25(31(28)29)18-12-15(10-11-23-18)24-21(27)17-3-1-2-13-4-9-19(26)30-20(13)17/h1-12H,(H,28,29)(H,23,24,27)/p-1. The smallest absolute Gasteiger partial charge is 0.336 e. The molecule has 0 bridgehead atoms. The molecule has 31 heavy (non-hydrogen) atoms. The molecule has 156 valence electrons. The SMILES string of the molecule is O=C(Nc1ccnc(N(c2ccc(F)cc2)S(=O)[O-])c1)c1cccc2ccc(=O)oc12. The number of benzene rings is 2. The molecule has 2 aromatic heterocycles. The third kappa shape index (κ3) is 4.34. The van der Waals surface area contributed by atoms with E-state index in [9.17, 15) is 22.7 Å². The Morgan fingerprint density at radius 3 is 2.61 bits per heavy atom. The highest BCUT2D eigenvalue weighted by Gasteiger charge is 2.16. The van der Waals surface area contributed by atoms with Crippen LogP contribution in [0.1, 0.15) is 10.4 Å². The molecule has 0 aliphatic carbocycles. The number of para-hydroxylation sites is 1. The summed E-state index contributed by atoms with van der Waals surface area (Å²) in [4.78, 5) is 28.4. The molecule has 1 atom stereocenters. The Morgan fingerprint density at radius 1 is 1.10 bits per heavy atom. The molecule has 1 unspecified atom stereocenters. The summed E-state index contributed by atoms with van der Waals surface area (Å²) in [6, 6.07) is 15.3. The van der Waals surface area contributed by atoms with E-state index in [1.165, 1.54) is 42.6 Å². The molecule has 4 aromatic rings. The van der Waals surface area contributed by atoms with Crippen LogP contribution in [0, 0.1) is 5.82 Å². The zero-order valence-electron chi connectivity index (χ0n) is 15.7. The molecule has 0 saturated carbocycles. The Balaban J connectivity index is 1.66. The summed E-state index contributed by atoms with van der Waals surface area (Å²) >= 11 is -2.75. The monoisotopic (exact) mass is 438 g/mol. The number of nitrogens with zero attached hydrogens (tertiary/aromatic N) is 2. The highest BCUT2D eigenvalue weighted by atomic mass is 32.2. The summed E-state index contributed by atoms with van der Waals surface area (Å²) in [5, 5.41) is 3.21. The minimum absolute atomic E-state index is 0.0119. The number of pyridine rings is 1. The second-order valence-electron chi connectivity index (χ2n) is 6.32. The van der Waals surface area contributed by atoms with Crippen LogP contribution in [0.2, 0.25) is 0 Å². The highest BCUT2D eigenvalue weighted by Crippen LogP contribution is 2.27. The molecule has 10 heteroatoms. The lowest BCUT2D eigenvalue weighted by atomic mass is 10.1. The van der Waals surface area contributed by atoms with Gasteiger partial charge >= 0.3 is 5.63 Å². The van der Waals surface area contributed by atoms with Crippen LogP contribution in [0.3, 0.4) is 0 Å². The third-order valence-electron chi connectivity index (χ3n) is 4.31. The Morgan fingerprint density at radius 2 is 1.87 bits per heavy atom. The van der Waals surface area contributed by atoms with Crippen LogP contribution in [0.25, 0.3) is 11.0 Å². The number of hydrogen-bond donors (Lipinski definition) is 1. The summed E-state index contributed by atoms with van der Waals surface area (Å²) in [6.45, 7) is 0. The topological polar surface area (TPSA) is 116 Å². The first kappa shape index (κ1) is 20.4. The molecule has 1 amide bonds. The van der Waals surface area contributed by atoms with E-state index in [2.05, 4.69) is 10.3 Å². The fourth-order valence-corrected chi connectivity index (χ4v) is 3.49. The van der Waals surface area contributed by atoms with Gasteiger partial charge in [-0.05, 0) is 42.5 Å². The van der Waals surface area contributed by atoms with Gasteiger partial charge in [0.25, 0.3) is 5.91 Å². The summed E-state index contributed by atoms with van der Waals surface area (Å²) < 4.78 is 42.8. The van der Waals surface area contributed by atoms with Crippen LogP contribution in [0.15, 0.2) is 82.1 Å². The molecule has 1 N–H and O–H groups in total. The lowest BCUT2D eigenvalue weighted by Gasteiger charge is -2.25. The molecule has 0 fully saturated rings. The number of amides is 1. The highest BCUT2D eigenvalue weighted by molar-refractivity contribution is 7.81. The van der Waals surface area contributed by atoms with Crippen LogP contribution < -0.4 is 15.2 Å². The predicted molar refractivity (Wildman–Crippen MR) is 112 cm³/mol. The first-order valence-electron chi connectivity index (χ1n) is 8.88. The Bertz CT molecular complexity index is 1360. The number of anilines is 3. The summed E-state index contributed by atoms with van der Waals surface area (Å²) in [7, 11) is 0. The van der Waals surface area contributed by atoms with Crippen molar-refractivity contribution in [3.8, 4) is 0 Å². The van der Waals surface area contributed by atoms with Crippen LogP contribution in [-0.4, -0.2) is 19.7 Å². The van der Waals surface area contributed by atoms with Crippen LogP contribution >= 0.6 is 0 Å². The molecule has 0 aliphatic heterocycles. The lowest BCUT2D eigenvalue weighted by molar-refractivity contribution is 0.102. The van der Waals surface area contributed by atoms with Crippen molar-refractivity contribution in [2.45, 2.75) is 0 Å². The average Bonchev–Trinajstić information content (AvgIpc) is 2.75. The van der Waals surface area contributed by atoms with E-state index >= 15 is 0 Å². The minimum atomic E-state index is -2.75. The molecule has 0 radical (unpaired) electrons. The summed E-state index contributed by atoms with van der Waals surface area (Å²) in [6.07, 6.45) is 1.32. The Kier molecular flexibility index (Phi) is 5.56. The molecular weight excluding hydrogens is 425 g/mol. The van der Waals surface area contributed by atoms with Gasteiger partial charge in [-0.15, -0.1) is 0 Å². The molecule has 2 heterocycles. The Labute approximate surface area is 177 Å². The number of aromatic nitrogens is 1. The van der Waals surface area contributed by atoms with Crippen molar-refractivity contribution < 1.29 is 22.4 Å². The van der Waals surface area contributed by atoms with Gasteiger partial charge in [-0.3, -0.25) is 13.3 Å². The van der Waals surface area contributed by atoms with Crippen molar-refractivity contribution >= 4 is 45.3 Å². The quantitative estimate of drug-likeness (QED) is 0.377. The fraction of sp³-hybridized carbons (Fsp3) is 0. The first-order valence-corrected chi connectivity index (χ1v) is 9.91. The largest absolute Gasteiger partial charge is 0.755 e. The van der Waals surface area contributed by atoms with E-state index in [0.29, 0.717) is 5.39 Å². The fourth-order valence-electron chi connectivity index (χ4n) is 2.95. The van der Waals surface area contributed by atoms with Gasteiger partial charge in [0.1, 0.15) is 11.6 Å². The Hall–Kier alpha value is -3.89. The second kappa shape index (κ2) is 8.46. The zero-order valence-corrected chi connectivity index (χ0v) is 16.5. The van der Waals surface area contributed by atoms with Crippen molar-refractivity contribution in [2.24, 2.45) is 0 Å². The molecule has 0 saturated heterocycles. The minimum Gasteiger partial charge on any atom is -0.755 e. The van der Waals surface area contributed by atoms with E-state index in [4.69, 9.17) is 4.42 Å². The van der Waals surface area contributed by atoms with Crippen molar-refractivity contribution in [1.29, 1.82) is 0 Å². The molecule has 4 rings (SSSR count). The predicted octanol–water partition coefficient (Wildman–Crippen LogP) is 3.51. The molecule has 0 spiro atoms. The van der Waals surface area contributed by atoms with Crippen LogP contribution in [-0.2, 0) is 11.3 Å². The number of nitrogens with one attached hydrogen (secondary N) is 1. The van der Waals surface area contributed by atoms with Gasteiger partial charge in [0.05, 0.1) is 22.5 Å². The second-order valence-corrected chi connectivity index (χ2v) is 7.12. The third-order valence-corrected chi connectivity index (χ3v) is 5.01. The molecule has 8 nitrogen and oxygen atoms in total. The van der Waals surface area contributed by atoms with Crippen molar-refractivity contribution in [3.05, 3.63) is 94.7 Å². The number of hydrogen-bond acceptors (Lipinski definition) is 6. The van der Waals surface area contributed by atoms with Gasteiger partial charge in [-0.2, -0.15) is 0 Å². The number of rotatable bonds is 5. The molecule has 2 aromatic carbocycles. The van der Waals surface area contributed by atoms with Gasteiger partial charge in [0, 0.05) is 29.4 Å². The maximum absolute atomic E-state index is 13.2. The van der Waals surface area contributed by atoms with Gasteiger partial charge in [0.2, 0.25) is 0 Å². The van der Waals surface area contributed by atoms with E-state index in [0.717, 1.165) is 16.4 Å². The van der Waals surface area contributed by atoms with Gasteiger partial charge in [-0.1, -0.05) is 12.1 Å². The van der Waals surface area contributed by atoms with Crippen molar-refractivity contribution in [2.75, 3.05) is 9.62 Å². The van der Waals surface area contributed by atoms with E-state index < -0.39 is 28.6 Å². The van der Waals surface area contributed by atoms with Crippen LogP contribution in [0.4, 0.5) is 21.6 Å². The summed E-state index contributed by atoms with van der Waals surface area (Å²) in [5.74, 6) is -1.09. The van der Waals surface area contributed by atoms with E-state index in [1.807, 2.05) is 0 Å². The van der Waals surface area contributed by atoms with Gasteiger partial charge < -0.3 is 14.3 Å². The number of halogens is 1.